The summed E-state index contributed by atoms with van der Waals surface area (Å²) in [6.07, 6.45) is 0. The molecule has 2 aromatic heterocycles. The molecule has 0 aliphatic heterocycles. The summed E-state index contributed by atoms with van der Waals surface area (Å²) < 4.78 is 4.82. The summed E-state index contributed by atoms with van der Waals surface area (Å²) in [6.45, 7) is 0. The van der Waals surface area contributed by atoms with Crippen molar-refractivity contribution in [3.05, 3.63) is 194 Å². The second-order valence-electron chi connectivity index (χ2n) is 13.8. The fourth-order valence-corrected chi connectivity index (χ4v) is 8.41. The molecule has 9 aromatic carbocycles. The number of hydrogen-bond acceptors (Lipinski definition) is 0. The standard InChI is InChI=1S/C50H32N2/c1-2-13-40(14-3-1)52-49-29-25-39(32-46(49)44-27-23-36-11-6-7-15-42(36)50(44)52)35-20-18-34(19-21-35)38-24-28-48-45(31-38)43-16-8-9-17-47(43)51(48)41-26-22-33-10-4-5-12-37(33)30-41/h1-32H. The van der Waals surface area contributed by atoms with Gasteiger partial charge < -0.3 is 9.13 Å². The second kappa shape index (κ2) is 11.3. The van der Waals surface area contributed by atoms with E-state index in [9.17, 15) is 0 Å². The van der Waals surface area contributed by atoms with E-state index in [1.165, 1.54) is 98.8 Å². The predicted octanol–water partition coefficient (Wildman–Crippen LogP) is 13.5. The van der Waals surface area contributed by atoms with Gasteiger partial charge in [-0.3, -0.25) is 0 Å². The molecule has 0 unspecified atom stereocenters. The zero-order valence-corrected chi connectivity index (χ0v) is 28.4. The van der Waals surface area contributed by atoms with E-state index < -0.39 is 0 Å². The van der Waals surface area contributed by atoms with Gasteiger partial charge in [-0.15, -0.1) is 0 Å². The van der Waals surface area contributed by atoms with Gasteiger partial charge in [-0.05, 0) is 93.0 Å². The molecule has 0 bridgehead atoms. The number of nitrogens with zero attached hydrogens (tertiary/aromatic N) is 2. The summed E-state index contributed by atoms with van der Waals surface area (Å²) in [5.41, 5.74) is 12.1. The van der Waals surface area contributed by atoms with Gasteiger partial charge >= 0.3 is 0 Å². The molecule has 0 fully saturated rings. The normalized spacial score (nSPS) is 11.8. The molecule has 0 atom stereocenters. The van der Waals surface area contributed by atoms with Crippen LogP contribution in [0, 0.1) is 0 Å². The lowest BCUT2D eigenvalue weighted by molar-refractivity contribution is 1.19. The molecule has 0 saturated carbocycles. The zero-order chi connectivity index (χ0) is 34.2. The highest BCUT2D eigenvalue weighted by Gasteiger charge is 2.17. The smallest absolute Gasteiger partial charge is 0.0619 e. The molecule has 0 amide bonds. The Morgan fingerprint density at radius 2 is 0.788 bits per heavy atom. The summed E-state index contributed by atoms with van der Waals surface area (Å²) in [4.78, 5) is 0. The average Bonchev–Trinajstić information content (AvgIpc) is 3.73. The Labute approximate surface area is 301 Å². The highest BCUT2D eigenvalue weighted by molar-refractivity contribution is 6.19. The van der Waals surface area contributed by atoms with Crippen molar-refractivity contribution in [3.63, 3.8) is 0 Å². The van der Waals surface area contributed by atoms with Gasteiger partial charge in [0.15, 0.2) is 0 Å². The second-order valence-corrected chi connectivity index (χ2v) is 13.8. The van der Waals surface area contributed by atoms with Crippen LogP contribution >= 0.6 is 0 Å². The Morgan fingerprint density at radius 3 is 1.54 bits per heavy atom. The third kappa shape index (κ3) is 4.38. The quantitative estimate of drug-likeness (QED) is 0.178. The van der Waals surface area contributed by atoms with Gasteiger partial charge in [0.25, 0.3) is 0 Å². The topological polar surface area (TPSA) is 9.86 Å². The van der Waals surface area contributed by atoms with Crippen LogP contribution in [0.15, 0.2) is 194 Å². The summed E-state index contributed by atoms with van der Waals surface area (Å²) in [6, 6.07) is 71.0. The monoisotopic (exact) mass is 660 g/mol. The van der Waals surface area contributed by atoms with Gasteiger partial charge in [0.1, 0.15) is 0 Å². The van der Waals surface area contributed by atoms with E-state index in [2.05, 4.69) is 203 Å². The van der Waals surface area contributed by atoms with Crippen LogP contribution in [0.1, 0.15) is 0 Å². The number of hydrogen-bond donors (Lipinski definition) is 0. The van der Waals surface area contributed by atoms with E-state index in [4.69, 9.17) is 0 Å². The maximum absolute atomic E-state index is 2.42. The third-order valence-corrected chi connectivity index (χ3v) is 10.9. The van der Waals surface area contributed by atoms with E-state index in [0.717, 1.165) is 0 Å². The van der Waals surface area contributed by atoms with Crippen LogP contribution in [0.4, 0.5) is 0 Å². The van der Waals surface area contributed by atoms with E-state index >= 15 is 0 Å². The van der Waals surface area contributed by atoms with Crippen LogP contribution in [0.2, 0.25) is 0 Å². The van der Waals surface area contributed by atoms with Crippen molar-refractivity contribution in [1.82, 2.24) is 9.13 Å². The molecule has 0 N–H and O–H groups in total. The predicted molar refractivity (Wildman–Crippen MR) is 221 cm³/mol. The minimum Gasteiger partial charge on any atom is -0.309 e. The van der Waals surface area contributed by atoms with E-state index in [0.29, 0.717) is 0 Å². The fourth-order valence-electron chi connectivity index (χ4n) is 8.41. The van der Waals surface area contributed by atoms with Crippen LogP contribution in [0.25, 0.3) is 98.8 Å². The van der Waals surface area contributed by atoms with Crippen LogP contribution in [0.5, 0.6) is 0 Å². The lowest BCUT2D eigenvalue weighted by Crippen LogP contribution is -1.94. The average molecular weight is 661 g/mol. The molecule has 11 aromatic rings. The Kier molecular flexibility index (Phi) is 6.28. The van der Waals surface area contributed by atoms with Crippen molar-refractivity contribution in [2.75, 3.05) is 0 Å². The molecule has 2 heteroatoms. The first-order chi connectivity index (χ1) is 25.8. The van der Waals surface area contributed by atoms with Crippen LogP contribution in [-0.4, -0.2) is 9.13 Å². The first-order valence-corrected chi connectivity index (χ1v) is 17.9. The number of fused-ring (bicyclic) bond motifs is 9. The summed E-state index contributed by atoms with van der Waals surface area (Å²) in [5, 5.41) is 10.1. The molecule has 242 valence electrons. The SMILES string of the molecule is c1ccc(-n2c3ccc(-c4ccc(-c5ccc6c(c5)c5ccccc5n6-c5ccc6ccccc6c5)cc4)cc3c3ccc4ccccc4c32)cc1. The summed E-state index contributed by atoms with van der Waals surface area (Å²) in [5.74, 6) is 0. The van der Waals surface area contributed by atoms with Gasteiger partial charge in [-0.25, -0.2) is 0 Å². The molecule has 2 nitrogen and oxygen atoms in total. The first-order valence-electron chi connectivity index (χ1n) is 17.9. The van der Waals surface area contributed by atoms with Crippen LogP contribution < -0.4 is 0 Å². The number of aromatic nitrogens is 2. The highest BCUT2D eigenvalue weighted by atomic mass is 15.0. The maximum atomic E-state index is 2.42. The van der Waals surface area contributed by atoms with Gasteiger partial charge in [0.2, 0.25) is 0 Å². The maximum Gasteiger partial charge on any atom is 0.0619 e. The van der Waals surface area contributed by atoms with Crippen molar-refractivity contribution < 1.29 is 0 Å². The first kappa shape index (κ1) is 28.9. The van der Waals surface area contributed by atoms with E-state index in [-0.39, 0.29) is 0 Å². The third-order valence-electron chi connectivity index (χ3n) is 10.9. The minimum absolute atomic E-state index is 1.17. The molecule has 0 aliphatic carbocycles. The summed E-state index contributed by atoms with van der Waals surface area (Å²) >= 11 is 0. The van der Waals surface area contributed by atoms with Gasteiger partial charge in [0, 0.05) is 38.3 Å². The Bertz CT molecular complexity index is 3160. The van der Waals surface area contributed by atoms with Crippen molar-refractivity contribution >= 4 is 65.2 Å². The van der Waals surface area contributed by atoms with Crippen molar-refractivity contribution in [3.8, 4) is 33.6 Å². The number of benzene rings is 9. The number of para-hydroxylation sites is 2. The van der Waals surface area contributed by atoms with E-state index in [1.54, 1.807) is 0 Å². The molecule has 0 saturated heterocycles. The molecular formula is C50H32N2. The Morgan fingerprint density at radius 1 is 0.250 bits per heavy atom. The molecule has 52 heavy (non-hydrogen) atoms. The van der Waals surface area contributed by atoms with Crippen molar-refractivity contribution in [2.24, 2.45) is 0 Å². The molecule has 0 radical (unpaired) electrons. The van der Waals surface area contributed by atoms with Crippen LogP contribution in [0.3, 0.4) is 0 Å². The van der Waals surface area contributed by atoms with Gasteiger partial charge in [0.05, 0.1) is 22.1 Å². The van der Waals surface area contributed by atoms with E-state index in [1.807, 2.05) is 0 Å². The largest absolute Gasteiger partial charge is 0.309 e. The Hall–Kier alpha value is -6.90. The summed E-state index contributed by atoms with van der Waals surface area (Å²) in [7, 11) is 0. The Balaban J connectivity index is 1.01. The van der Waals surface area contributed by atoms with Crippen molar-refractivity contribution in [2.45, 2.75) is 0 Å². The minimum atomic E-state index is 1.17. The number of rotatable bonds is 4. The molecule has 2 heterocycles. The van der Waals surface area contributed by atoms with Crippen molar-refractivity contribution in [1.29, 1.82) is 0 Å². The molecule has 11 rings (SSSR count). The van der Waals surface area contributed by atoms with Gasteiger partial charge in [-0.2, -0.15) is 0 Å². The van der Waals surface area contributed by atoms with Gasteiger partial charge in [-0.1, -0.05) is 140 Å². The highest BCUT2D eigenvalue weighted by Crippen LogP contribution is 2.40. The van der Waals surface area contributed by atoms with Crippen LogP contribution in [-0.2, 0) is 0 Å². The molecule has 0 aliphatic rings. The molecule has 0 spiro atoms. The molecular weight excluding hydrogens is 629 g/mol. The lowest BCUT2D eigenvalue weighted by atomic mass is 9.98. The fraction of sp³-hybridized carbons (Fsp3) is 0. The lowest BCUT2D eigenvalue weighted by Gasteiger charge is -2.10. The zero-order valence-electron chi connectivity index (χ0n) is 28.4.